The lowest BCUT2D eigenvalue weighted by molar-refractivity contribution is -0.398. The predicted octanol–water partition coefficient (Wildman–Crippen LogP) is -7.57. The van der Waals surface area contributed by atoms with Gasteiger partial charge in [0.25, 0.3) is 0 Å². The maximum absolute atomic E-state index is 10.6. The summed E-state index contributed by atoms with van der Waals surface area (Å²) in [7, 11) is 0. The summed E-state index contributed by atoms with van der Waals surface area (Å²) in [5.74, 6) is -2.36. The molecule has 34 heavy (non-hydrogen) atoms. The van der Waals surface area contributed by atoms with Gasteiger partial charge in [0.2, 0.25) is 5.79 Å². The molecule has 11 N–H and O–H groups in total. The number of aliphatic hydroxyl groups is 11. The highest BCUT2D eigenvalue weighted by Crippen LogP contribution is 2.37. The quantitative estimate of drug-likeness (QED) is 0.146. The van der Waals surface area contributed by atoms with Crippen LogP contribution in [-0.4, -0.2) is 168 Å². The molecule has 3 rings (SSSR count). The van der Waals surface area contributed by atoms with Crippen molar-refractivity contribution < 1.29 is 79.9 Å². The summed E-state index contributed by atoms with van der Waals surface area (Å²) in [6.07, 6.45) is -22.0. The van der Waals surface area contributed by atoms with Gasteiger partial charge in [0.15, 0.2) is 12.6 Å². The standard InChI is InChI=1S/C18H32O16/c19-1-5-8(23)10(25)12(27)16(30-5)32-14-7(3-21)31-17(13(28)11(14)26)34-18(4-22)15(29)9(24)6(2-20)33-18/h5-17,19-29H,1-4H2/t5-,6-,7-,8-,9+,10-,11+,12-,13-,14?,15+,16-,17-,18+/m1/s1. The van der Waals surface area contributed by atoms with Crippen LogP contribution in [-0.2, 0) is 23.7 Å². The Kier molecular flexibility index (Phi) is 9.18. The Bertz CT molecular complexity index is 651. The first kappa shape index (κ1) is 27.9. The van der Waals surface area contributed by atoms with Crippen LogP contribution in [0, 0.1) is 0 Å². The molecule has 0 radical (unpaired) electrons. The molecule has 0 spiro atoms. The largest absolute Gasteiger partial charge is 0.394 e. The van der Waals surface area contributed by atoms with Crippen LogP contribution in [0.1, 0.15) is 0 Å². The highest BCUT2D eigenvalue weighted by atomic mass is 16.8. The van der Waals surface area contributed by atoms with Gasteiger partial charge in [-0.25, -0.2) is 0 Å². The lowest BCUT2D eigenvalue weighted by Gasteiger charge is -2.47. The van der Waals surface area contributed by atoms with Crippen molar-refractivity contribution in [3.63, 3.8) is 0 Å². The molecule has 1 unspecified atom stereocenters. The number of aliphatic hydroxyl groups excluding tert-OH is 11. The summed E-state index contributed by atoms with van der Waals surface area (Å²) in [6, 6.07) is 0. The minimum atomic E-state index is -2.36. The summed E-state index contributed by atoms with van der Waals surface area (Å²) in [4.78, 5) is 0. The number of ether oxygens (including phenoxy) is 5. The zero-order valence-electron chi connectivity index (χ0n) is 17.8. The van der Waals surface area contributed by atoms with Crippen LogP contribution in [0.15, 0.2) is 0 Å². The number of rotatable bonds is 8. The minimum Gasteiger partial charge on any atom is -0.394 e. The Hall–Kier alpha value is -0.640. The molecule has 0 aromatic carbocycles. The van der Waals surface area contributed by atoms with Gasteiger partial charge in [-0.2, -0.15) is 0 Å². The van der Waals surface area contributed by atoms with Crippen molar-refractivity contribution in [1.29, 1.82) is 0 Å². The molecule has 200 valence electrons. The van der Waals surface area contributed by atoms with E-state index in [9.17, 15) is 56.2 Å². The highest BCUT2D eigenvalue weighted by Gasteiger charge is 2.59. The van der Waals surface area contributed by atoms with Crippen LogP contribution >= 0.6 is 0 Å². The molecule has 3 heterocycles. The number of hydrogen-bond acceptors (Lipinski definition) is 16. The van der Waals surface area contributed by atoms with Gasteiger partial charge in [-0.15, -0.1) is 0 Å². The first-order chi connectivity index (χ1) is 16.0. The van der Waals surface area contributed by atoms with Crippen molar-refractivity contribution in [3.05, 3.63) is 0 Å². The Labute approximate surface area is 192 Å². The average Bonchev–Trinajstić information content (AvgIpc) is 3.08. The fraction of sp³-hybridized carbons (Fsp3) is 1.00. The lowest BCUT2D eigenvalue weighted by atomic mass is 9.97. The topological polar surface area (TPSA) is 269 Å². The van der Waals surface area contributed by atoms with E-state index < -0.39 is 112 Å². The third-order valence-corrected chi connectivity index (χ3v) is 6.18. The molecule has 16 heteroatoms. The van der Waals surface area contributed by atoms with E-state index in [0.29, 0.717) is 0 Å². The monoisotopic (exact) mass is 504 g/mol. The molecule has 0 aromatic heterocycles. The Balaban J connectivity index is 1.74. The SMILES string of the molecule is OC[C@H]1O[C@H](O[C@]2(CO)O[C@H](CO)[C@H](O)[C@@H]2O)[C@H](O)[C@H](O)C1O[C@H]1O[C@H](CO)[C@@H](O)[C@@H](O)[C@H]1O. The van der Waals surface area contributed by atoms with Crippen LogP contribution in [0.25, 0.3) is 0 Å². The second-order valence-corrected chi connectivity index (χ2v) is 8.37. The van der Waals surface area contributed by atoms with Gasteiger partial charge in [0.1, 0.15) is 73.8 Å². The smallest absolute Gasteiger partial charge is 0.224 e. The van der Waals surface area contributed by atoms with Crippen LogP contribution in [0.3, 0.4) is 0 Å². The summed E-state index contributed by atoms with van der Waals surface area (Å²) < 4.78 is 26.6. The van der Waals surface area contributed by atoms with E-state index in [1.807, 2.05) is 0 Å². The molecule has 14 atom stereocenters. The van der Waals surface area contributed by atoms with E-state index in [1.165, 1.54) is 0 Å². The molecule has 3 aliphatic rings. The third-order valence-electron chi connectivity index (χ3n) is 6.18. The highest BCUT2D eigenvalue weighted by molar-refractivity contribution is 4.99. The van der Waals surface area contributed by atoms with E-state index in [-0.39, 0.29) is 0 Å². The molecule has 16 nitrogen and oxygen atoms in total. The maximum atomic E-state index is 10.6. The molecule has 0 amide bonds. The molecule has 0 bridgehead atoms. The Morgan fingerprint density at radius 3 is 1.68 bits per heavy atom. The van der Waals surface area contributed by atoms with E-state index in [2.05, 4.69) is 0 Å². The molecule has 0 saturated carbocycles. The second-order valence-electron chi connectivity index (χ2n) is 8.37. The van der Waals surface area contributed by atoms with Gasteiger partial charge in [0.05, 0.1) is 19.8 Å². The molecular formula is C18H32O16. The van der Waals surface area contributed by atoms with E-state index in [1.54, 1.807) is 0 Å². The molecule has 0 aromatic rings. The average molecular weight is 504 g/mol. The normalized spacial score (nSPS) is 52.1. The first-order valence-corrected chi connectivity index (χ1v) is 10.6. The molecule has 3 fully saturated rings. The van der Waals surface area contributed by atoms with Gasteiger partial charge in [0, 0.05) is 0 Å². The molecule has 0 aliphatic carbocycles. The predicted molar refractivity (Wildman–Crippen MR) is 101 cm³/mol. The van der Waals surface area contributed by atoms with Crippen molar-refractivity contribution in [2.75, 3.05) is 26.4 Å². The van der Waals surface area contributed by atoms with Crippen LogP contribution < -0.4 is 0 Å². The van der Waals surface area contributed by atoms with Crippen molar-refractivity contribution in [1.82, 2.24) is 0 Å². The van der Waals surface area contributed by atoms with Gasteiger partial charge >= 0.3 is 0 Å². The minimum absolute atomic E-state index is 0.742. The molecule has 3 saturated heterocycles. The Morgan fingerprint density at radius 2 is 1.15 bits per heavy atom. The number of hydrogen-bond donors (Lipinski definition) is 11. The van der Waals surface area contributed by atoms with Crippen molar-refractivity contribution in [2.24, 2.45) is 0 Å². The fourth-order valence-electron chi connectivity index (χ4n) is 4.12. The fourth-order valence-corrected chi connectivity index (χ4v) is 4.12. The summed E-state index contributed by atoms with van der Waals surface area (Å²) >= 11 is 0. The lowest BCUT2D eigenvalue weighted by Crippen LogP contribution is -2.66. The zero-order valence-corrected chi connectivity index (χ0v) is 17.8. The van der Waals surface area contributed by atoms with Crippen LogP contribution in [0.5, 0.6) is 0 Å². The Morgan fingerprint density at radius 1 is 0.588 bits per heavy atom. The van der Waals surface area contributed by atoms with E-state index >= 15 is 0 Å². The molecular weight excluding hydrogens is 472 g/mol. The van der Waals surface area contributed by atoms with E-state index in [4.69, 9.17) is 23.7 Å². The van der Waals surface area contributed by atoms with Crippen molar-refractivity contribution >= 4 is 0 Å². The van der Waals surface area contributed by atoms with Crippen LogP contribution in [0.4, 0.5) is 0 Å². The molecule has 3 aliphatic heterocycles. The van der Waals surface area contributed by atoms with Crippen molar-refractivity contribution in [2.45, 2.75) is 85.5 Å². The summed E-state index contributed by atoms with van der Waals surface area (Å²) in [5.41, 5.74) is 0. The van der Waals surface area contributed by atoms with E-state index in [0.717, 1.165) is 0 Å². The maximum Gasteiger partial charge on any atom is 0.224 e. The summed E-state index contributed by atoms with van der Waals surface area (Å²) in [5, 5.41) is 109. The van der Waals surface area contributed by atoms with Crippen LogP contribution in [0.2, 0.25) is 0 Å². The summed E-state index contributed by atoms with van der Waals surface area (Å²) in [6.45, 7) is -3.39. The van der Waals surface area contributed by atoms with Gasteiger partial charge in [-0.3, -0.25) is 0 Å². The zero-order chi connectivity index (χ0) is 25.4. The van der Waals surface area contributed by atoms with Gasteiger partial charge in [-0.1, -0.05) is 0 Å². The van der Waals surface area contributed by atoms with Crippen molar-refractivity contribution in [3.8, 4) is 0 Å². The van der Waals surface area contributed by atoms with Gasteiger partial charge < -0.3 is 79.9 Å². The van der Waals surface area contributed by atoms with Gasteiger partial charge in [-0.05, 0) is 0 Å². The second kappa shape index (κ2) is 11.2. The third kappa shape index (κ3) is 4.96. The first-order valence-electron chi connectivity index (χ1n) is 10.6.